The van der Waals surface area contributed by atoms with Crippen LogP contribution in [0, 0.1) is 5.82 Å². The van der Waals surface area contributed by atoms with Gasteiger partial charge in [0.05, 0.1) is 17.8 Å². The molecule has 0 aromatic heterocycles. The van der Waals surface area contributed by atoms with Gasteiger partial charge < -0.3 is 15.8 Å². The van der Waals surface area contributed by atoms with Crippen LogP contribution in [-0.4, -0.2) is 42.6 Å². The third kappa shape index (κ3) is 3.51. The van der Waals surface area contributed by atoms with Crippen molar-refractivity contribution in [2.24, 2.45) is 0 Å². The Hall–Kier alpha value is -1.66. The molecule has 3 atom stereocenters. The number of hydrogen-bond acceptors (Lipinski definition) is 4. The molecule has 5 nitrogen and oxygen atoms in total. The van der Waals surface area contributed by atoms with E-state index in [0.717, 1.165) is 6.42 Å². The summed E-state index contributed by atoms with van der Waals surface area (Å²) in [5.41, 5.74) is 6.13. The van der Waals surface area contributed by atoms with Gasteiger partial charge in [-0.1, -0.05) is 0 Å². The zero-order chi connectivity index (χ0) is 15.6. The topological polar surface area (TPSA) is 67.6 Å². The highest BCUT2D eigenvalue weighted by atomic mass is 19.1. The standard InChI is InChI=1S/C15H22FN3O2/c1-9(19(3)14-6-7-21-10(14)2)15(20)18-13-8-11(17)4-5-12(13)16/h4-5,8-10,14H,6-7,17H2,1-3H3,(H,18,20). The van der Waals surface area contributed by atoms with Crippen LogP contribution in [0.15, 0.2) is 18.2 Å². The third-order valence-electron chi connectivity index (χ3n) is 4.10. The number of nitrogen functional groups attached to an aromatic ring is 1. The molecule has 1 amide bonds. The number of anilines is 2. The third-order valence-corrected chi connectivity index (χ3v) is 4.10. The lowest BCUT2D eigenvalue weighted by Gasteiger charge is -2.31. The van der Waals surface area contributed by atoms with Crippen LogP contribution >= 0.6 is 0 Å². The van der Waals surface area contributed by atoms with Gasteiger partial charge in [0.15, 0.2) is 0 Å². The predicted molar refractivity (Wildman–Crippen MR) is 80.5 cm³/mol. The average molecular weight is 295 g/mol. The van der Waals surface area contributed by atoms with E-state index in [4.69, 9.17) is 10.5 Å². The number of nitrogens with zero attached hydrogens (tertiary/aromatic N) is 1. The number of halogens is 1. The molecule has 2 rings (SSSR count). The molecular formula is C15H22FN3O2. The largest absolute Gasteiger partial charge is 0.399 e. The van der Waals surface area contributed by atoms with Gasteiger partial charge in [0, 0.05) is 18.3 Å². The first-order valence-corrected chi connectivity index (χ1v) is 7.09. The minimum atomic E-state index is -0.495. The van der Waals surface area contributed by atoms with Gasteiger partial charge in [-0.05, 0) is 45.5 Å². The first-order valence-electron chi connectivity index (χ1n) is 7.09. The van der Waals surface area contributed by atoms with Crippen molar-refractivity contribution in [1.29, 1.82) is 0 Å². The maximum absolute atomic E-state index is 13.7. The van der Waals surface area contributed by atoms with Gasteiger partial charge in [-0.3, -0.25) is 9.69 Å². The molecule has 6 heteroatoms. The zero-order valence-corrected chi connectivity index (χ0v) is 12.6. The number of likely N-dealkylation sites (N-methyl/N-ethyl adjacent to an activating group) is 1. The number of nitrogens with one attached hydrogen (secondary N) is 1. The fourth-order valence-electron chi connectivity index (χ4n) is 2.60. The molecule has 1 aliphatic rings. The normalized spacial score (nSPS) is 23.3. The van der Waals surface area contributed by atoms with Crippen LogP contribution in [0.1, 0.15) is 20.3 Å². The molecule has 1 heterocycles. The first kappa shape index (κ1) is 15.7. The van der Waals surface area contributed by atoms with Gasteiger partial charge in [-0.15, -0.1) is 0 Å². The Balaban J connectivity index is 2.03. The fourth-order valence-corrected chi connectivity index (χ4v) is 2.60. The number of carbonyl (C=O) groups excluding carboxylic acids is 1. The number of carbonyl (C=O) groups is 1. The highest BCUT2D eigenvalue weighted by Crippen LogP contribution is 2.22. The fraction of sp³-hybridized carbons (Fsp3) is 0.533. The summed E-state index contributed by atoms with van der Waals surface area (Å²) in [5.74, 6) is -0.758. The Bertz CT molecular complexity index is 524. The summed E-state index contributed by atoms with van der Waals surface area (Å²) in [6, 6.07) is 3.92. The van der Waals surface area contributed by atoms with E-state index in [-0.39, 0.29) is 29.8 Å². The second-order valence-corrected chi connectivity index (χ2v) is 5.50. The van der Waals surface area contributed by atoms with E-state index in [1.807, 2.05) is 18.9 Å². The second-order valence-electron chi connectivity index (χ2n) is 5.50. The smallest absolute Gasteiger partial charge is 0.241 e. The van der Waals surface area contributed by atoms with Crippen molar-refractivity contribution in [3.63, 3.8) is 0 Å². The Kier molecular flexibility index (Phi) is 4.80. The number of amides is 1. The molecule has 0 radical (unpaired) electrons. The molecule has 21 heavy (non-hydrogen) atoms. The van der Waals surface area contributed by atoms with Crippen LogP contribution < -0.4 is 11.1 Å². The summed E-state index contributed by atoms with van der Waals surface area (Å²) in [6.07, 6.45) is 0.983. The van der Waals surface area contributed by atoms with Crippen LogP contribution in [0.3, 0.4) is 0 Å². The van der Waals surface area contributed by atoms with Crippen molar-refractivity contribution in [3.05, 3.63) is 24.0 Å². The highest BCUT2D eigenvalue weighted by molar-refractivity contribution is 5.95. The van der Waals surface area contributed by atoms with E-state index in [1.54, 1.807) is 6.92 Å². The summed E-state index contributed by atoms with van der Waals surface area (Å²) in [5, 5.41) is 2.59. The van der Waals surface area contributed by atoms with E-state index in [2.05, 4.69) is 5.32 Å². The summed E-state index contributed by atoms with van der Waals surface area (Å²) in [6.45, 7) is 4.50. The summed E-state index contributed by atoms with van der Waals surface area (Å²) < 4.78 is 19.2. The Labute approximate surface area is 124 Å². The molecule has 1 aliphatic heterocycles. The molecule has 0 aliphatic carbocycles. The van der Waals surface area contributed by atoms with Gasteiger partial charge in [-0.25, -0.2) is 4.39 Å². The maximum Gasteiger partial charge on any atom is 0.241 e. The molecule has 1 aromatic rings. The Morgan fingerprint density at radius 1 is 1.57 bits per heavy atom. The lowest BCUT2D eigenvalue weighted by molar-refractivity contribution is -0.121. The zero-order valence-electron chi connectivity index (χ0n) is 12.6. The molecule has 0 bridgehead atoms. The van der Waals surface area contributed by atoms with E-state index in [0.29, 0.717) is 12.3 Å². The number of ether oxygens (including phenoxy) is 1. The van der Waals surface area contributed by atoms with Crippen LogP contribution in [0.25, 0.3) is 0 Å². The SMILES string of the molecule is CC1OCCC1N(C)C(C)C(=O)Nc1cc(N)ccc1F. The minimum Gasteiger partial charge on any atom is -0.399 e. The second kappa shape index (κ2) is 6.41. The number of hydrogen-bond donors (Lipinski definition) is 2. The predicted octanol–water partition coefficient (Wildman–Crippen LogP) is 1.84. The quantitative estimate of drug-likeness (QED) is 0.832. The van der Waals surface area contributed by atoms with Crippen LogP contribution in [-0.2, 0) is 9.53 Å². The molecule has 3 N–H and O–H groups in total. The van der Waals surface area contributed by atoms with Crippen molar-refractivity contribution in [2.45, 2.75) is 38.5 Å². The molecule has 3 unspecified atom stereocenters. The van der Waals surface area contributed by atoms with E-state index in [1.165, 1.54) is 18.2 Å². The molecule has 0 spiro atoms. The number of nitrogens with two attached hydrogens (primary N) is 1. The Morgan fingerprint density at radius 3 is 2.90 bits per heavy atom. The first-order chi connectivity index (χ1) is 9.90. The van der Waals surface area contributed by atoms with Gasteiger partial charge >= 0.3 is 0 Å². The van der Waals surface area contributed by atoms with Crippen molar-refractivity contribution in [1.82, 2.24) is 4.90 Å². The van der Waals surface area contributed by atoms with Crippen molar-refractivity contribution >= 4 is 17.3 Å². The lowest BCUT2D eigenvalue weighted by atomic mass is 10.1. The summed E-state index contributed by atoms with van der Waals surface area (Å²) in [4.78, 5) is 14.2. The number of rotatable bonds is 4. The van der Waals surface area contributed by atoms with E-state index >= 15 is 0 Å². The van der Waals surface area contributed by atoms with Gasteiger partial charge in [0.2, 0.25) is 5.91 Å². The van der Waals surface area contributed by atoms with Gasteiger partial charge in [-0.2, -0.15) is 0 Å². The molecule has 0 saturated carbocycles. The van der Waals surface area contributed by atoms with E-state index in [9.17, 15) is 9.18 Å². The molecular weight excluding hydrogens is 273 g/mol. The molecule has 1 fully saturated rings. The monoisotopic (exact) mass is 295 g/mol. The van der Waals surface area contributed by atoms with Crippen molar-refractivity contribution in [2.75, 3.05) is 24.7 Å². The lowest BCUT2D eigenvalue weighted by Crippen LogP contribution is -2.47. The van der Waals surface area contributed by atoms with Crippen LogP contribution in [0.2, 0.25) is 0 Å². The van der Waals surface area contributed by atoms with Gasteiger partial charge in [0.25, 0.3) is 0 Å². The maximum atomic E-state index is 13.7. The minimum absolute atomic E-state index is 0.0920. The summed E-state index contributed by atoms with van der Waals surface area (Å²) in [7, 11) is 1.88. The van der Waals surface area contributed by atoms with Crippen molar-refractivity contribution in [3.8, 4) is 0 Å². The molecule has 1 saturated heterocycles. The number of benzene rings is 1. The highest BCUT2D eigenvalue weighted by Gasteiger charge is 2.32. The van der Waals surface area contributed by atoms with Crippen LogP contribution in [0.4, 0.5) is 15.8 Å². The average Bonchev–Trinajstić information content (AvgIpc) is 2.87. The van der Waals surface area contributed by atoms with Crippen molar-refractivity contribution < 1.29 is 13.9 Å². The molecule has 1 aromatic carbocycles. The Morgan fingerprint density at radius 2 is 2.29 bits per heavy atom. The molecule has 116 valence electrons. The van der Waals surface area contributed by atoms with Gasteiger partial charge in [0.1, 0.15) is 5.82 Å². The summed E-state index contributed by atoms with van der Waals surface area (Å²) >= 11 is 0. The van der Waals surface area contributed by atoms with E-state index < -0.39 is 5.82 Å². The van der Waals surface area contributed by atoms with Crippen LogP contribution in [0.5, 0.6) is 0 Å².